The molecule has 0 amide bonds. The number of nitrogens with one attached hydrogen (secondary N) is 1. The van der Waals surface area contributed by atoms with Crippen LogP contribution in [0.3, 0.4) is 0 Å². The summed E-state index contributed by atoms with van der Waals surface area (Å²) in [7, 11) is 0. The SMILES string of the molecule is Nc1c(C(=O)c2ccc(F)cc2)ccc(=O)n1-c1c(F)cc(OCCCNC(C(=O)O)c2ccccc2)cc1F. The number of halogens is 3. The third-order valence-corrected chi connectivity index (χ3v) is 6.01. The third kappa shape index (κ3) is 6.21. The fourth-order valence-electron chi connectivity index (χ4n) is 4.07. The van der Waals surface area contributed by atoms with E-state index in [9.17, 15) is 23.9 Å². The topological polar surface area (TPSA) is 124 Å². The molecule has 0 aliphatic carbocycles. The van der Waals surface area contributed by atoms with Crippen molar-refractivity contribution in [2.75, 3.05) is 18.9 Å². The van der Waals surface area contributed by atoms with Crippen LogP contribution in [0, 0.1) is 17.5 Å². The van der Waals surface area contributed by atoms with E-state index >= 15 is 8.78 Å². The Balaban J connectivity index is 1.47. The fourth-order valence-corrected chi connectivity index (χ4v) is 4.07. The summed E-state index contributed by atoms with van der Waals surface area (Å²) in [5.74, 6) is -5.27. The average molecular weight is 552 g/mol. The van der Waals surface area contributed by atoms with Crippen molar-refractivity contribution in [1.82, 2.24) is 9.88 Å². The molecule has 0 saturated heterocycles. The Labute approximate surface area is 226 Å². The summed E-state index contributed by atoms with van der Waals surface area (Å²) >= 11 is 0. The molecule has 3 aromatic carbocycles. The number of hydrogen-bond acceptors (Lipinski definition) is 6. The van der Waals surface area contributed by atoms with Crippen molar-refractivity contribution < 1.29 is 32.6 Å². The van der Waals surface area contributed by atoms with Crippen molar-refractivity contribution in [3.63, 3.8) is 0 Å². The van der Waals surface area contributed by atoms with E-state index < -0.39 is 52.3 Å². The molecule has 4 rings (SSSR count). The maximum absolute atomic E-state index is 15.1. The Bertz CT molecular complexity index is 1570. The highest BCUT2D eigenvalue weighted by molar-refractivity contribution is 6.11. The summed E-state index contributed by atoms with van der Waals surface area (Å²) < 4.78 is 49.4. The number of benzene rings is 3. The molecule has 1 heterocycles. The van der Waals surface area contributed by atoms with Gasteiger partial charge in [0.05, 0.1) is 12.2 Å². The zero-order chi connectivity index (χ0) is 28.8. The quantitative estimate of drug-likeness (QED) is 0.188. The minimum Gasteiger partial charge on any atom is -0.493 e. The molecular weight excluding hydrogens is 527 g/mol. The van der Waals surface area contributed by atoms with E-state index in [0.717, 1.165) is 36.4 Å². The molecule has 0 fully saturated rings. The highest BCUT2D eigenvalue weighted by atomic mass is 19.1. The monoisotopic (exact) mass is 551 g/mol. The van der Waals surface area contributed by atoms with Crippen molar-refractivity contribution in [2.24, 2.45) is 0 Å². The normalized spacial score (nSPS) is 11.7. The number of ketones is 1. The van der Waals surface area contributed by atoms with E-state index in [-0.39, 0.29) is 30.0 Å². The first-order chi connectivity index (χ1) is 19.2. The summed E-state index contributed by atoms with van der Waals surface area (Å²) in [4.78, 5) is 37.0. The van der Waals surface area contributed by atoms with Crippen LogP contribution in [0.15, 0.2) is 83.7 Å². The highest BCUT2D eigenvalue weighted by Crippen LogP contribution is 2.27. The van der Waals surface area contributed by atoms with E-state index in [1.165, 1.54) is 12.1 Å². The summed E-state index contributed by atoms with van der Waals surface area (Å²) in [6.45, 7) is 0.256. The second kappa shape index (κ2) is 12.3. The van der Waals surface area contributed by atoms with Gasteiger partial charge in [0.25, 0.3) is 5.56 Å². The van der Waals surface area contributed by atoms with Crippen LogP contribution in [0.1, 0.15) is 33.9 Å². The average Bonchev–Trinajstić information content (AvgIpc) is 2.92. The summed E-state index contributed by atoms with van der Waals surface area (Å²) in [6, 6.07) is 16.1. The van der Waals surface area contributed by atoms with Gasteiger partial charge in [0.2, 0.25) is 0 Å². The van der Waals surface area contributed by atoms with E-state index in [1.54, 1.807) is 30.3 Å². The molecule has 0 saturated carbocycles. The standard InChI is InChI=1S/C29H24F3N3O5/c30-19-9-7-18(8-10-19)27(37)21-11-12-24(36)35(28(21)33)26-22(31)15-20(16-23(26)32)40-14-4-13-34-25(29(38)39)17-5-2-1-3-6-17/h1-3,5-12,15-16,25,34H,4,13-14,33H2,(H,38,39). The zero-order valence-electron chi connectivity index (χ0n) is 20.9. The number of carbonyl (C=O) groups excluding carboxylic acids is 1. The molecule has 1 aromatic heterocycles. The number of carboxylic acid groups (broad SMARTS) is 1. The van der Waals surface area contributed by atoms with Gasteiger partial charge in [-0.1, -0.05) is 30.3 Å². The van der Waals surface area contributed by atoms with Crippen LogP contribution in [-0.2, 0) is 4.79 Å². The summed E-state index contributed by atoms with van der Waals surface area (Å²) in [6.07, 6.45) is 0.321. The number of aliphatic carboxylic acids is 1. The Hall–Kier alpha value is -4.90. The molecule has 0 aliphatic rings. The van der Waals surface area contributed by atoms with Gasteiger partial charge in [0.15, 0.2) is 17.4 Å². The Kier molecular flexibility index (Phi) is 8.65. The van der Waals surface area contributed by atoms with Gasteiger partial charge in [-0.3, -0.25) is 19.0 Å². The van der Waals surface area contributed by atoms with E-state index in [2.05, 4.69) is 5.32 Å². The Morgan fingerprint density at radius 1 is 0.950 bits per heavy atom. The number of nitrogens with two attached hydrogens (primary N) is 1. The summed E-state index contributed by atoms with van der Waals surface area (Å²) in [5.41, 5.74) is 4.79. The molecular formula is C29H24F3N3O5. The first kappa shape index (κ1) is 28.1. The number of hydrogen-bond donors (Lipinski definition) is 3. The molecule has 0 aliphatic heterocycles. The largest absolute Gasteiger partial charge is 0.493 e. The van der Waals surface area contributed by atoms with Gasteiger partial charge in [0, 0.05) is 23.8 Å². The first-order valence-corrected chi connectivity index (χ1v) is 12.1. The number of carboxylic acids is 1. The summed E-state index contributed by atoms with van der Waals surface area (Å²) in [5, 5.41) is 12.3. The molecule has 11 heteroatoms. The number of nitrogens with zero attached hydrogens (tertiary/aromatic N) is 1. The lowest BCUT2D eigenvalue weighted by atomic mass is 10.0. The van der Waals surface area contributed by atoms with Crippen LogP contribution in [0.5, 0.6) is 5.75 Å². The number of ether oxygens (including phenoxy) is 1. The third-order valence-electron chi connectivity index (χ3n) is 6.01. The minimum absolute atomic E-state index is 0.0100. The Morgan fingerprint density at radius 2 is 1.60 bits per heavy atom. The predicted molar refractivity (Wildman–Crippen MR) is 141 cm³/mol. The molecule has 0 spiro atoms. The van der Waals surface area contributed by atoms with Crippen molar-refractivity contribution in [3.8, 4) is 11.4 Å². The molecule has 1 atom stereocenters. The molecule has 0 bridgehead atoms. The van der Waals surface area contributed by atoms with E-state index in [1.807, 2.05) is 0 Å². The lowest BCUT2D eigenvalue weighted by Crippen LogP contribution is -2.30. The number of pyridine rings is 1. The maximum Gasteiger partial charge on any atom is 0.325 e. The van der Waals surface area contributed by atoms with Gasteiger partial charge in [-0.15, -0.1) is 0 Å². The molecule has 206 valence electrons. The zero-order valence-corrected chi connectivity index (χ0v) is 20.9. The van der Waals surface area contributed by atoms with Crippen molar-refractivity contribution in [3.05, 3.63) is 123 Å². The van der Waals surface area contributed by atoms with Gasteiger partial charge in [-0.25, -0.2) is 13.2 Å². The smallest absolute Gasteiger partial charge is 0.325 e. The van der Waals surface area contributed by atoms with Gasteiger partial charge in [-0.2, -0.15) is 0 Å². The number of aromatic nitrogens is 1. The number of nitrogen functional groups attached to an aromatic ring is 1. The molecule has 40 heavy (non-hydrogen) atoms. The fraction of sp³-hybridized carbons (Fsp3) is 0.138. The molecule has 4 aromatic rings. The molecule has 8 nitrogen and oxygen atoms in total. The lowest BCUT2D eigenvalue weighted by Gasteiger charge is -2.16. The van der Waals surface area contributed by atoms with Crippen LogP contribution in [-0.4, -0.2) is 34.6 Å². The maximum atomic E-state index is 15.1. The number of rotatable bonds is 11. The highest BCUT2D eigenvalue weighted by Gasteiger charge is 2.22. The van der Waals surface area contributed by atoms with Crippen LogP contribution in [0.4, 0.5) is 19.0 Å². The van der Waals surface area contributed by atoms with E-state index in [0.29, 0.717) is 16.6 Å². The first-order valence-electron chi connectivity index (χ1n) is 12.1. The van der Waals surface area contributed by atoms with Crippen LogP contribution < -0.4 is 21.3 Å². The van der Waals surface area contributed by atoms with Crippen LogP contribution in [0.25, 0.3) is 5.69 Å². The number of carbonyl (C=O) groups is 2. The van der Waals surface area contributed by atoms with Gasteiger partial charge in [-0.05, 0) is 48.9 Å². The van der Waals surface area contributed by atoms with Crippen LogP contribution >= 0.6 is 0 Å². The van der Waals surface area contributed by atoms with Gasteiger partial charge < -0.3 is 20.9 Å². The molecule has 0 radical (unpaired) electrons. The number of anilines is 1. The van der Waals surface area contributed by atoms with E-state index in [4.69, 9.17) is 10.5 Å². The Morgan fingerprint density at radius 3 is 2.23 bits per heavy atom. The van der Waals surface area contributed by atoms with Gasteiger partial charge >= 0.3 is 5.97 Å². The minimum atomic E-state index is -1.16. The van der Waals surface area contributed by atoms with Gasteiger partial charge in [0.1, 0.15) is 29.1 Å². The lowest BCUT2D eigenvalue weighted by molar-refractivity contribution is -0.139. The van der Waals surface area contributed by atoms with Crippen LogP contribution in [0.2, 0.25) is 0 Å². The second-order valence-electron chi connectivity index (χ2n) is 8.72. The van der Waals surface area contributed by atoms with Crippen molar-refractivity contribution >= 4 is 17.6 Å². The molecule has 1 unspecified atom stereocenters. The van der Waals surface area contributed by atoms with Crippen molar-refractivity contribution in [1.29, 1.82) is 0 Å². The predicted octanol–water partition coefficient (Wildman–Crippen LogP) is 4.25. The molecule has 4 N–H and O–H groups in total. The van der Waals surface area contributed by atoms with Crippen molar-refractivity contribution in [2.45, 2.75) is 12.5 Å². The second-order valence-corrected chi connectivity index (χ2v) is 8.72.